The summed E-state index contributed by atoms with van der Waals surface area (Å²) in [5.41, 5.74) is 2.53. The molecule has 1 aliphatic rings. The van der Waals surface area contributed by atoms with Crippen LogP contribution in [0.4, 0.5) is 11.6 Å². The lowest BCUT2D eigenvalue weighted by molar-refractivity contribution is 0.388. The van der Waals surface area contributed by atoms with Gasteiger partial charge < -0.3 is 10.3 Å². The highest BCUT2D eigenvalue weighted by molar-refractivity contribution is 5.44. The van der Waals surface area contributed by atoms with Gasteiger partial charge in [0.25, 0.3) is 0 Å². The average Bonchev–Trinajstić information content (AvgIpc) is 2.32. The van der Waals surface area contributed by atoms with Crippen LogP contribution >= 0.6 is 0 Å². The van der Waals surface area contributed by atoms with Gasteiger partial charge in [-0.2, -0.15) is 0 Å². The molecule has 0 spiro atoms. The topological polar surface area (TPSA) is 67.1 Å². The van der Waals surface area contributed by atoms with Gasteiger partial charge in [-0.1, -0.05) is 6.92 Å². The van der Waals surface area contributed by atoms with Gasteiger partial charge in [-0.15, -0.1) is 0 Å². The molecular weight excluding hydrogens is 202 g/mol. The number of anilines is 2. The molecule has 2 unspecified atom stereocenters. The van der Waals surface area contributed by atoms with E-state index in [4.69, 9.17) is 5.84 Å². The Kier molecular flexibility index (Phi) is 3.24. The van der Waals surface area contributed by atoms with E-state index in [1.807, 2.05) is 0 Å². The second kappa shape index (κ2) is 4.65. The maximum atomic E-state index is 5.34. The Morgan fingerprint density at radius 2 is 2.19 bits per heavy atom. The molecule has 88 valence electrons. The van der Waals surface area contributed by atoms with Crippen LogP contribution in [0.3, 0.4) is 0 Å². The Labute approximate surface area is 96.0 Å². The first kappa shape index (κ1) is 11.1. The molecule has 16 heavy (non-hydrogen) atoms. The van der Waals surface area contributed by atoms with Crippen LogP contribution in [-0.2, 0) is 0 Å². The SMILES string of the molecule is CC1CCC(C)N(c2cncc(NN)n2)C1. The van der Waals surface area contributed by atoms with Gasteiger partial charge >= 0.3 is 0 Å². The summed E-state index contributed by atoms with van der Waals surface area (Å²) in [6, 6.07) is 0.526. The third kappa shape index (κ3) is 2.24. The van der Waals surface area contributed by atoms with Crippen LogP contribution in [-0.4, -0.2) is 22.6 Å². The van der Waals surface area contributed by atoms with Crippen LogP contribution in [0.25, 0.3) is 0 Å². The first-order valence-electron chi connectivity index (χ1n) is 5.76. The smallest absolute Gasteiger partial charge is 0.160 e. The van der Waals surface area contributed by atoms with Gasteiger partial charge in [0, 0.05) is 12.6 Å². The molecule has 1 saturated heterocycles. The first-order chi connectivity index (χ1) is 7.70. The van der Waals surface area contributed by atoms with E-state index in [2.05, 4.69) is 34.1 Å². The van der Waals surface area contributed by atoms with E-state index in [0.717, 1.165) is 12.4 Å². The van der Waals surface area contributed by atoms with Gasteiger partial charge in [-0.3, -0.25) is 4.98 Å². The molecule has 1 aromatic rings. The van der Waals surface area contributed by atoms with Crippen molar-refractivity contribution in [2.24, 2.45) is 11.8 Å². The van der Waals surface area contributed by atoms with Crippen LogP contribution in [0.2, 0.25) is 0 Å². The number of hydrazine groups is 1. The molecule has 0 bridgehead atoms. The monoisotopic (exact) mass is 221 g/mol. The largest absolute Gasteiger partial charge is 0.352 e. The number of hydrogen-bond donors (Lipinski definition) is 2. The minimum Gasteiger partial charge on any atom is -0.352 e. The van der Waals surface area contributed by atoms with Crippen LogP contribution < -0.4 is 16.2 Å². The van der Waals surface area contributed by atoms with E-state index in [1.54, 1.807) is 12.4 Å². The van der Waals surface area contributed by atoms with E-state index < -0.39 is 0 Å². The van der Waals surface area contributed by atoms with Crippen LogP contribution in [0.15, 0.2) is 12.4 Å². The quantitative estimate of drug-likeness (QED) is 0.583. The molecule has 3 N–H and O–H groups in total. The average molecular weight is 221 g/mol. The Morgan fingerprint density at radius 3 is 2.94 bits per heavy atom. The summed E-state index contributed by atoms with van der Waals surface area (Å²) < 4.78 is 0. The highest BCUT2D eigenvalue weighted by atomic mass is 15.3. The summed E-state index contributed by atoms with van der Waals surface area (Å²) in [6.45, 7) is 5.55. The summed E-state index contributed by atoms with van der Waals surface area (Å²) in [5, 5.41) is 0. The molecular formula is C11H19N5. The summed E-state index contributed by atoms with van der Waals surface area (Å²) in [4.78, 5) is 10.9. The van der Waals surface area contributed by atoms with E-state index in [9.17, 15) is 0 Å². The van der Waals surface area contributed by atoms with E-state index in [-0.39, 0.29) is 0 Å². The first-order valence-corrected chi connectivity index (χ1v) is 5.76. The fourth-order valence-electron chi connectivity index (χ4n) is 2.17. The van der Waals surface area contributed by atoms with Gasteiger partial charge in [-0.05, 0) is 25.7 Å². The third-order valence-corrected chi connectivity index (χ3v) is 3.18. The van der Waals surface area contributed by atoms with Gasteiger partial charge in [0.1, 0.15) is 5.82 Å². The number of rotatable bonds is 2. The summed E-state index contributed by atoms with van der Waals surface area (Å²) in [6.07, 6.45) is 5.93. The van der Waals surface area contributed by atoms with E-state index in [0.29, 0.717) is 17.8 Å². The molecule has 0 aromatic carbocycles. The van der Waals surface area contributed by atoms with Crippen molar-refractivity contribution in [2.45, 2.75) is 32.7 Å². The van der Waals surface area contributed by atoms with Crippen LogP contribution in [0.1, 0.15) is 26.7 Å². The van der Waals surface area contributed by atoms with Gasteiger partial charge in [-0.25, -0.2) is 10.8 Å². The number of nitrogens with two attached hydrogens (primary N) is 1. The summed E-state index contributed by atoms with van der Waals surface area (Å²) >= 11 is 0. The lowest BCUT2D eigenvalue weighted by Gasteiger charge is -2.37. The predicted octanol–water partition coefficient (Wildman–Crippen LogP) is 1.39. The number of nitrogen functional groups attached to an aromatic ring is 1. The molecule has 0 aliphatic carbocycles. The molecule has 5 heteroatoms. The molecule has 0 amide bonds. The Balaban J connectivity index is 2.20. The molecule has 1 fully saturated rings. The molecule has 2 rings (SSSR count). The van der Waals surface area contributed by atoms with Gasteiger partial charge in [0.05, 0.1) is 12.4 Å². The second-order valence-corrected chi connectivity index (χ2v) is 4.59. The molecule has 2 heterocycles. The van der Waals surface area contributed by atoms with Crippen molar-refractivity contribution >= 4 is 11.6 Å². The molecule has 1 aromatic heterocycles. The molecule has 1 aliphatic heterocycles. The molecule has 5 nitrogen and oxygen atoms in total. The summed E-state index contributed by atoms with van der Waals surface area (Å²) in [7, 11) is 0. The fraction of sp³-hybridized carbons (Fsp3) is 0.636. The van der Waals surface area contributed by atoms with Crippen molar-refractivity contribution in [1.29, 1.82) is 0 Å². The van der Waals surface area contributed by atoms with Crippen molar-refractivity contribution in [3.8, 4) is 0 Å². The predicted molar refractivity (Wildman–Crippen MR) is 65.0 cm³/mol. The zero-order chi connectivity index (χ0) is 11.5. The minimum atomic E-state index is 0.526. The Bertz CT molecular complexity index is 354. The van der Waals surface area contributed by atoms with Crippen molar-refractivity contribution in [1.82, 2.24) is 9.97 Å². The van der Waals surface area contributed by atoms with Gasteiger partial charge in [0.15, 0.2) is 5.82 Å². The molecule has 0 radical (unpaired) electrons. The molecule has 2 atom stereocenters. The maximum absolute atomic E-state index is 5.34. The second-order valence-electron chi connectivity index (χ2n) is 4.59. The Hall–Kier alpha value is -1.36. The van der Waals surface area contributed by atoms with Crippen molar-refractivity contribution in [3.63, 3.8) is 0 Å². The lowest BCUT2D eigenvalue weighted by atomic mass is 9.95. The third-order valence-electron chi connectivity index (χ3n) is 3.18. The number of piperidine rings is 1. The van der Waals surface area contributed by atoms with Crippen molar-refractivity contribution in [3.05, 3.63) is 12.4 Å². The highest BCUT2D eigenvalue weighted by Crippen LogP contribution is 2.25. The van der Waals surface area contributed by atoms with Crippen LogP contribution in [0, 0.1) is 5.92 Å². The zero-order valence-corrected chi connectivity index (χ0v) is 9.85. The number of hydrogen-bond acceptors (Lipinski definition) is 5. The summed E-state index contributed by atoms with van der Waals surface area (Å²) in [5.74, 6) is 7.58. The van der Waals surface area contributed by atoms with E-state index in [1.165, 1.54) is 12.8 Å². The fourth-order valence-corrected chi connectivity index (χ4v) is 2.17. The van der Waals surface area contributed by atoms with Crippen molar-refractivity contribution in [2.75, 3.05) is 16.9 Å². The number of nitrogens with zero attached hydrogens (tertiary/aromatic N) is 3. The maximum Gasteiger partial charge on any atom is 0.160 e. The highest BCUT2D eigenvalue weighted by Gasteiger charge is 2.24. The zero-order valence-electron chi connectivity index (χ0n) is 9.85. The van der Waals surface area contributed by atoms with Crippen molar-refractivity contribution < 1.29 is 0 Å². The minimum absolute atomic E-state index is 0.526. The molecule has 0 saturated carbocycles. The lowest BCUT2D eigenvalue weighted by Crippen LogP contribution is -2.41. The normalized spacial score (nSPS) is 25.6. The Morgan fingerprint density at radius 1 is 1.38 bits per heavy atom. The van der Waals surface area contributed by atoms with Gasteiger partial charge in [0.2, 0.25) is 0 Å². The van der Waals surface area contributed by atoms with Crippen LogP contribution in [0.5, 0.6) is 0 Å². The van der Waals surface area contributed by atoms with E-state index >= 15 is 0 Å². The number of aromatic nitrogens is 2. The number of nitrogens with one attached hydrogen (secondary N) is 1. The standard InChI is InChI=1S/C11H19N5/c1-8-3-4-9(2)16(7-8)11-6-13-5-10(14-11)15-12/h5-6,8-9H,3-4,7,12H2,1-2H3,(H,14,15).